The number of nitrogens with zero attached hydrogens (tertiary/aromatic N) is 4. The van der Waals surface area contributed by atoms with Crippen molar-refractivity contribution < 1.29 is 18.3 Å². The zero-order chi connectivity index (χ0) is 16.3. The van der Waals surface area contributed by atoms with Crippen molar-refractivity contribution >= 4 is 33.4 Å². The molecular formula is C12H16N4O4S2. The fourth-order valence-corrected chi connectivity index (χ4v) is 4.86. The van der Waals surface area contributed by atoms with Crippen LogP contribution in [-0.4, -0.2) is 60.6 Å². The van der Waals surface area contributed by atoms with Crippen LogP contribution in [0, 0.1) is 0 Å². The van der Waals surface area contributed by atoms with Gasteiger partial charge in [0.25, 0.3) is 0 Å². The van der Waals surface area contributed by atoms with Crippen molar-refractivity contribution in [2.45, 2.75) is 10.3 Å². The second kappa shape index (κ2) is 6.63. The first-order chi connectivity index (χ1) is 10.3. The number of sulfonamides is 1. The Hall–Kier alpha value is -1.65. The Morgan fingerprint density at radius 2 is 2.00 bits per heavy atom. The van der Waals surface area contributed by atoms with Crippen molar-refractivity contribution in [3.05, 3.63) is 24.3 Å². The van der Waals surface area contributed by atoms with Crippen molar-refractivity contribution in [3.63, 3.8) is 0 Å². The molecule has 10 heteroatoms. The van der Waals surface area contributed by atoms with Gasteiger partial charge in [0.2, 0.25) is 10.0 Å². The summed E-state index contributed by atoms with van der Waals surface area (Å²) in [7, 11) is -0.389. The maximum Gasteiger partial charge on any atom is 0.332 e. The van der Waals surface area contributed by atoms with E-state index in [4.69, 9.17) is 5.11 Å². The van der Waals surface area contributed by atoms with E-state index >= 15 is 0 Å². The molecule has 1 aliphatic heterocycles. The van der Waals surface area contributed by atoms with Gasteiger partial charge in [-0.2, -0.15) is 4.31 Å². The monoisotopic (exact) mass is 344 g/mol. The Morgan fingerprint density at radius 3 is 2.55 bits per heavy atom. The first-order valence-corrected chi connectivity index (χ1v) is 8.86. The molecule has 1 aromatic rings. The van der Waals surface area contributed by atoms with Gasteiger partial charge in [-0.15, -0.1) is 16.9 Å². The molecule has 22 heavy (non-hydrogen) atoms. The molecule has 1 aliphatic rings. The zero-order valence-corrected chi connectivity index (χ0v) is 13.7. The first kappa shape index (κ1) is 16.7. The van der Waals surface area contributed by atoms with Crippen molar-refractivity contribution in [2.24, 2.45) is 10.3 Å². The van der Waals surface area contributed by atoms with E-state index in [9.17, 15) is 13.2 Å². The molecule has 2 rings (SSSR count). The summed E-state index contributed by atoms with van der Waals surface area (Å²) in [5.41, 5.74) is 0.512. The lowest BCUT2D eigenvalue weighted by molar-refractivity contribution is -0.138. The standard InChI is InChI=1S/C12H16N4O4S2/c1-15(2)14-13-9-3-5-10(6-4-9)22(19,20)16-7-8-21-11(16)12(17)18/h3-6,11H,7-8H2,1-2H3,(H,17,18). The molecule has 0 saturated carbocycles. The lowest BCUT2D eigenvalue weighted by Crippen LogP contribution is -2.39. The smallest absolute Gasteiger partial charge is 0.332 e. The number of aliphatic carboxylic acids is 1. The second-order valence-corrected chi connectivity index (χ2v) is 7.79. The minimum atomic E-state index is -3.83. The van der Waals surface area contributed by atoms with E-state index in [0.717, 1.165) is 16.1 Å². The van der Waals surface area contributed by atoms with Crippen LogP contribution in [0.4, 0.5) is 5.69 Å². The summed E-state index contributed by atoms with van der Waals surface area (Å²) in [6.07, 6.45) is 0. The molecule has 1 saturated heterocycles. The molecule has 0 bridgehead atoms. The third-order valence-corrected chi connectivity index (χ3v) is 6.04. The van der Waals surface area contributed by atoms with E-state index in [1.165, 1.54) is 29.3 Å². The van der Waals surface area contributed by atoms with Gasteiger partial charge in [0, 0.05) is 26.4 Å². The van der Waals surface area contributed by atoms with Gasteiger partial charge in [-0.25, -0.2) is 13.2 Å². The molecule has 0 aliphatic carbocycles. The number of thioether (sulfide) groups is 1. The van der Waals surface area contributed by atoms with E-state index in [1.54, 1.807) is 14.1 Å². The molecule has 120 valence electrons. The molecule has 1 fully saturated rings. The maximum atomic E-state index is 12.5. The lowest BCUT2D eigenvalue weighted by atomic mass is 10.3. The molecule has 1 N–H and O–H groups in total. The van der Waals surface area contributed by atoms with E-state index in [1.807, 2.05) is 0 Å². The Morgan fingerprint density at radius 1 is 1.36 bits per heavy atom. The minimum Gasteiger partial charge on any atom is -0.479 e. The summed E-state index contributed by atoms with van der Waals surface area (Å²) >= 11 is 1.10. The minimum absolute atomic E-state index is 0.0463. The van der Waals surface area contributed by atoms with Gasteiger partial charge in [0.1, 0.15) is 0 Å². The van der Waals surface area contributed by atoms with Crippen LogP contribution < -0.4 is 0 Å². The molecule has 1 atom stereocenters. The highest BCUT2D eigenvalue weighted by Crippen LogP contribution is 2.30. The number of hydrogen-bond donors (Lipinski definition) is 1. The van der Waals surface area contributed by atoms with Gasteiger partial charge in [-0.05, 0) is 24.3 Å². The SMILES string of the molecule is CN(C)N=Nc1ccc(S(=O)(=O)N2CCSC2C(=O)O)cc1. The van der Waals surface area contributed by atoms with Crippen LogP contribution in [-0.2, 0) is 14.8 Å². The van der Waals surface area contributed by atoms with E-state index < -0.39 is 21.4 Å². The number of hydrogen-bond acceptors (Lipinski definition) is 6. The normalized spacial score (nSPS) is 19.6. The number of rotatable bonds is 5. The Kier molecular flexibility index (Phi) is 5.04. The average Bonchev–Trinajstić information content (AvgIpc) is 2.96. The van der Waals surface area contributed by atoms with E-state index in [-0.39, 0.29) is 11.4 Å². The number of carboxylic acid groups (broad SMARTS) is 1. The van der Waals surface area contributed by atoms with Crippen LogP contribution >= 0.6 is 11.8 Å². The van der Waals surface area contributed by atoms with E-state index in [0.29, 0.717) is 11.4 Å². The average molecular weight is 344 g/mol. The highest BCUT2D eigenvalue weighted by Gasteiger charge is 2.40. The first-order valence-electron chi connectivity index (χ1n) is 6.37. The largest absolute Gasteiger partial charge is 0.479 e. The lowest BCUT2D eigenvalue weighted by Gasteiger charge is -2.20. The third kappa shape index (κ3) is 3.57. The summed E-state index contributed by atoms with van der Waals surface area (Å²) in [6.45, 7) is 0.187. The van der Waals surface area contributed by atoms with Crippen LogP contribution in [0.5, 0.6) is 0 Å². The molecule has 0 aromatic heterocycles. The predicted molar refractivity (Wildman–Crippen MR) is 82.4 cm³/mol. The molecule has 1 aromatic carbocycles. The summed E-state index contributed by atoms with van der Waals surface area (Å²) in [5, 5.41) is 17.3. The third-order valence-electron chi connectivity index (χ3n) is 2.84. The van der Waals surface area contributed by atoms with Crippen LogP contribution in [0.15, 0.2) is 39.5 Å². The van der Waals surface area contributed by atoms with Crippen molar-refractivity contribution in [3.8, 4) is 0 Å². The van der Waals surface area contributed by atoms with Gasteiger partial charge >= 0.3 is 5.97 Å². The van der Waals surface area contributed by atoms with E-state index in [2.05, 4.69) is 10.3 Å². The van der Waals surface area contributed by atoms with Crippen LogP contribution in [0.25, 0.3) is 0 Å². The van der Waals surface area contributed by atoms with Crippen molar-refractivity contribution in [1.82, 2.24) is 9.31 Å². The number of benzene rings is 1. The van der Waals surface area contributed by atoms with Crippen molar-refractivity contribution in [2.75, 3.05) is 26.4 Å². The van der Waals surface area contributed by atoms with Crippen LogP contribution in [0.1, 0.15) is 0 Å². The Balaban J connectivity index is 2.25. The quantitative estimate of drug-likeness (QED) is 0.640. The van der Waals surface area contributed by atoms with Gasteiger partial charge in [-0.1, -0.05) is 5.22 Å². The molecule has 1 heterocycles. The van der Waals surface area contributed by atoms with Crippen LogP contribution in [0.3, 0.4) is 0 Å². The summed E-state index contributed by atoms with van der Waals surface area (Å²) < 4.78 is 26.0. The predicted octanol–water partition coefficient (Wildman–Crippen LogP) is 1.40. The maximum absolute atomic E-state index is 12.5. The summed E-state index contributed by atoms with van der Waals surface area (Å²) in [6, 6.07) is 5.86. The molecular weight excluding hydrogens is 328 g/mol. The molecule has 8 nitrogen and oxygen atoms in total. The fraction of sp³-hybridized carbons (Fsp3) is 0.417. The molecule has 0 amide bonds. The van der Waals surface area contributed by atoms with Crippen molar-refractivity contribution in [1.29, 1.82) is 0 Å². The van der Waals surface area contributed by atoms with Gasteiger partial charge < -0.3 is 5.11 Å². The van der Waals surface area contributed by atoms with Crippen LogP contribution in [0.2, 0.25) is 0 Å². The topological polar surface area (TPSA) is 103 Å². The second-order valence-electron chi connectivity index (χ2n) is 4.71. The van der Waals surface area contributed by atoms with Gasteiger partial charge in [0.15, 0.2) is 5.37 Å². The Bertz CT molecular complexity index is 673. The fourth-order valence-electron chi connectivity index (χ4n) is 1.86. The van der Waals surface area contributed by atoms with Gasteiger partial charge in [0.05, 0.1) is 10.6 Å². The van der Waals surface area contributed by atoms with Gasteiger partial charge in [-0.3, -0.25) is 5.01 Å². The molecule has 0 spiro atoms. The number of carboxylic acids is 1. The summed E-state index contributed by atoms with van der Waals surface area (Å²) in [4.78, 5) is 11.2. The highest BCUT2D eigenvalue weighted by molar-refractivity contribution is 8.02. The zero-order valence-electron chi connectivity index (χ0n) is 12.1. The molecule has 0 radical (unpaired) electrons. The Labute approximate surface area is 132 Å². The number of carbonyl (C=O) groups is 1. The molecule has 1 unspecified atom stereocenters. The highest BCUT2D eigenvalue weighted by atomic mass is 32.2. The summed E-state index contributed by atoms with van der Waals surface area (Å²) in [5.74, 6) is -0.687.